The normalized spacial score (nSPS) is 31.6. The van der Waals surface area contributed by atoms with E-state index in [1.807, 2.05) is 6.92 Å². The van der Waals surface area contributed by atoms with Crippen LogP contribution in [0.1, 0.15) is 33.1 Å². The first-order valence-electron chi connectivity index (χ1n) is 5.10. The zero-order valence-electron chi connectivity index (χ0n) is 8.53. The number of hydrogen-bond acceptors (Lipinski definition) is 3. The molecule has 0 aromatic carbocycles. The highest BCUT2D eigenvalue weighted by Crippen LogP contribution is 2.19. The number of aliphatic hydroxyl groups is 1. The summed E-state index contributed by atoms with van der Waals surface area (Å²) < 4.78 is 11.1. The predicted molar refractivity (Wildman–Crippen MR) is 50.4 cm³/mol. The molecule has 2 unspecified atom stereocenters. The molecule has 3 heteroatoms. The van der Waals surface area contributed by atoms with E-state index in [1.54, 1.807) is 0 Å². The molecule has 1 aliphatic heterocycles. The summed E-state index contributed by atoms with van der Waals surface area (Å²) in [6, 6.07) is 0. The summed E-state index contributed by atoms with van der Waals surface area (Å²) in [4.78, 5) is 0. The standard InChI is InChI=1S/C10H20O3/c1-8(6-11)7-12-10-5-3-4-9(2)13-10/h8-11H,3-7H2,1-2H3/t8-,9?,10?/m1/s1. The number of ether oxygens (including phenoxy) is 2. The summed E-state index contributed by atoms with van der Waals surface area (Å²) >= 11 is 0. The van der Waals surface area contributed by atoms with Gasteiger partial charge in [0.25, 0.3) is 0 Å². The molecule has 0 aromatic heterocycles. The third kappa shape index (κ3) is 4.07. The van der Waals surface area contributed by atoms with Crippen molar-refractivity contribution in [1.82, 2.24) is 0 Å². The topological polar surface area (TPSA) is 38.7 Å². The Morgan fingerprint density at radius 1 is 1.54 bits per heavy atom. The minimum atomic E-state index is -0.0438. The highest BCUT2D eigenvalue weighted by molar-refractivity contribution is 4.62. The van der Waals surface area contributed by atoms with Gasteiger partial charge in [-0.3, -0.25) is 0 Å². The Balaban J connectivity index is 2.13. The van der Waals surface area contributed by atoms with E-state index in [9.17, 15) is 0 Å². The van der Waals surface area contributed by atoms with E-state index in [4.69, 9.17) is 14.6 Å². The Hall–Kier alpha value is -0.120. The van der Waals surface area contributed by atoms with Gasteiger partial charge in [0.1, 0.15) is 0 Å². The summed E-state index contributed by atoms with van der Waals surface area (Å²) in [6.45, 7) is 4.81. The molecular weight excluding hydrogens is 168 g/mol. The third-order valence-electron chi connectivity index (χ3n) is 2.31. The summed E-state index contributed by atoms with van der Waals surface area (Å²) in [6.07, 6.45) is 3.58. The van der Waals surface area contributed by atoms with Crippen LogP contribution in [0.3, 0.4) is 0 Å². The van der Waals surface area contributed by atoms with E-state index in [-0.39, 0.29) is 18.8 Å². The second kappa shape index (κ2) is 5.58. The minimum absolute atomic E-state index is 0.0438. The van der Waals surface area contributed by atoms with Gasteiger partial charge in [0.05, 0.1) is 12.7 Å². The zero-order valence-corrected chi connectivity index (χ0v) is 8.53. The van der Waals surface area contributed by atoms with E-state index < -0.39 is 0 Å². The van der Waals surface area contributed by atoms with Crippen LogP contribution in [0.2, 0.25) is 0 Å². The molecule has 3 atom stereocenters. The zero-order chi connectivity index (χ0) is 9.68. The first kappa shape index (κ1) is 11.0. The van der Waals surface area contributed by atoms with E-state index in [1.165, 1.54) is 6.42 Å². The Bertz CT molecular complexity index is 138. The van der Waals surface area contributed by atoms with Crippen molar-refractivity contribution in [2.24, 2.45) is 5.92 Å². The highest BCUT2D eigenvalue weighted by Gasteiger charge is 2.19. The van der Waals surface area contributed by atoms with Crippen LogP contribution >= 0.6 is 0 Å². The van der Waals surface area contributed by atoms with Gasteiger partial charge in [0.15, 0.2) is 6.29 Å². The SMILES string of the molecule is CC1CCCC(OC[C@H](C)CO)O1. The first-order valence-corrected chi connectivity index (χ1v) is 5.10. The van der Waals surface area contributed by atoms with Gasteiger partial charge >= 0.3 is 0 Å². The lowest BCUT2D eigenvalue weighted by Crippen LogP contribution is -2.29. The molecule has 78 valence electrons. The second-order valence-corrected chi connectivity index (χ2v) is 3.93. The van der Waals surface area contributed by atoms with E-state index >= 15 is 0 Å². The van der Waals surface area contributed by atoms with Crippen molar-refractivity contribution in [3.05, 3.63) is 0 Å². The molecule has 1 saturated heterocycles. The molecule has 0 spiro atoms. The number of hydrogen-bond donors (Lipinski definition) is 1. The third-order valence-corrected chi connectivity index (χ3v) is 2.31. The lowest BCUT2D eigenvalue weighted by Gasteiger charge is -2.28. The van der Waals surface area contributed by atoms with Gasteiger partial charge in [-0.1, -0.05) is 6.92 Å². The fraction of sp³-hybridized carbons (Fsp3) is 1.00. The molecular formula is C10H20O3. The van der Waals surface area contributed by atoms with Crippen molar-refractivity contribution in [2.45, 2.75) is 45.5 Å². The molecule has 1 fully saturated rings. The summed E-state index contributed by atoms with van der Waals surface area (Å²) in [5, 5.41) is 8.80. The Morgan fingerprint density at radius 3 is 2.92 bits per heavy atom. The van der Waals surface area contributed by atoms with Gasteiger partial charge < -0.3 is 14.6 Å². The smallest absolute Gasteiger partial charge is 0.157 e. The van der Waals surface area contributed by atoms with Crippen molar-refractivity contribution in [1.29, 1.82) is 0 Å². The molecule has 1 rings (SSSR count). The molecule has 13 heavy (non-hydrogen) atoms. The Labute approximate surface area is 80.0 Å². The predicted octanol–water partition coefficient (Wildman–Crippen LogP) is 1.55. The average molecular weight is 188 g/mol. The van der Waals surface area contributed by atoms with E-state index in [2.05, 4.69) is 6.92 Å². The fourth-order valence-corrected chi connectivity index (χ4v) is 1.41. The van der Waals surface area contributed by atoms with Crippen LogP contribution in [-0.4, -0.2) is 30.7 Å². The molecule has 1 aliphatic rings. The van der Waals surface area contributed by atoms with Crippen LogP contribution in [0.4, 0.5) is 0 Å². The number of rotatable bonds is 4. The lowest BCUT2D eigenvalue weighted by molar-refractivity contribution is -0.194. The van der Waals surface area contributed by atoms with Crippen molar-refractivity contribution < 1.29 is 14.6 Å². The van der Waals surface area contributed by atoms with Gasteiger partial charge in [-0.2, -0.15) is 0 Å². The van der Waals surface area contributed by atoms with Crippen LogP contribution in [0.25, 0.3) is 0 Å². The quantitative estimate of drug-likeness (QED) is 0.727. The van der Waals surface area contributed by atoms with Crippen LogP contribution in [0.15, 0.2) is 0 Å². The molecule has 0 radical (unpaired) electrons. The monoisotopic (exact) mass is 188 g/mol. The fourth-order valence-electron chi connectivity index (χ4n) is 1.41. The second-order valence-electron chi connectivity index (χ2n) is 3.93. The summed E-state index contributed by atoms with van der Waals surface area (Å²) in [5.74, 6) is 0.209. The van der Waals surface area contributed by atoms with Crippen molar-refractivity contribution in [3.63, 3.8) is 0 Å². The maximum atomic E-state index is 8.80. The molecule has 0 aliphatic carbocycles. The molecule has 0 amide bonds. The molecule has 1 heterocycles. The van der Waals surface area contributed by atoms with Crippen molar-refractivity contribution in [2.75, 3.05) is 13.2 Å². The largest absolute Gasteiger partial charge is 0.396 e. The number of aliphatic hydroxyl groups excluding tert-OH is 1. The Kier molecular flexibility index (Phi) is 4.70. The molecule has 3 nitrogen and oxygen atoms in total. The van der Waals surface area contributed by atoms with E-state index in [0.29, 0.717) is 12.7 Å². The van der Waals surface area contributed by atoms with Gasteiger partial charge in [-0.15, -0.1) is 0 Å². The molecule has 0 aromatic rings. The average Bonchev–Trinajstić information content (AvgIpc) is 2.14. The highest BCUT2D eigenvalue weighted by atomic mass is 16.7. The van der Waals surface area contributed by atoms with Gasteiger partial charge in [0, 0.05) is 12.5 Å². The van der Waals surface area contributed by atoms with Crippen LogP contribution < -0.4 is 0 Å². The molecule has 0 bridgehead atoms. The van der Waals surface area contributed by atoms with Gasteiger partial charge in [0.2, 0.25) is 0 Å². The van der Waals surface area contributed by atoms with Crippen molar-refractivity contribution >= 4 is 0 Å². The maximum Gasteiger partial charge on any atom is 0.157 e. The van der Waals surface area contributed by atoms with Gasteiger partial charge in [-0.05, 0) is 26.2 Å². The summed E-state index contributed by atoms with van der Waals surface area (Å²) in [7, 11) is 0. The minimum Gasteiger partial charge on any atom is -0.396 e. The van der Waals surface area contributed by atoms with Gasteiger partial charge in [-0.25, -0.2) is 0 Å². The lowest BCUT2D eigenvalue weighted by atomic mass is 10.1. The Morgan fingerprint density at radius 2 is 2.31 bits per heavy atom. The van der Waals surface area contributed by atoms with Crippen molar-refractivity contribution in [3.8, 4) is 0 Å². The summed E-state index contributed by atoms with van der Waals surface area (Å²) in [5.41, 5.74) is 0. The molecule has 0 saturated carbocycles. The molecule has 1 N–H and O–H groups in total. The van der Waals surface area contributed by atoms with Crippen LogP contribution in [0, 0.1) is 5.92 Å². The first-order chi connectivity index (χ1) is 6.22. The van der Waals surface area contributed by atoms with Crippen LogP contribution in [-0.2, 0) is 9.47 Å². The maximum absolute atomic E-state index is 8.80. The van der Waals surface area contributed by atoms with Crippen LogP contribution in [0.5, 0.6) is 0 Å². The van der Waals surface area contributed by atoms with E-state index in [0.717, 1.165) is 12.8 Å².